The lowest BCUT2D eigenvalue weighted by Crippen LogP contribution is -2.67. The molecule has 140 valence electrons. The minimum atomic E-state index is -0.616. The topological polar surface area (TPSA) is 52.7 Å². The van der Waals surface area contributed by atoms with Gasteiger partial charge in [-0.3, -0.25) is 9.59 Å². The molecule has 2 aromatic carbocycles. The molecular weight excluding hydrogens is 369 g/mol. The van der Waals surface area contributed by atoms with Gasteiger partial charge >= 0.3 is 0 Å². The van der Waals surface area contributed by atoms with E-state index in [9.17, 15) is 14.0 Å². The van der Waals surface area contributed by atoms with Crippen molar-refractivity contribution in [2.75, 3.05) is 25.0 Å². The lowest BCUT2D eigenvalue weighted by molar-refractivity contribution is 0.0609. The fourth-order valence-corrected chi connectivity index (χ4v) is 4.01. The summed E-state index contributed by atoms with van der Waals surface area (Å²) in [6.45, 7) is 0.994. The molecule has 0 bridgehead atoms. The van der Waals surface area contributed by atoms with Crippen LogP contribution < -0.4 is 10.2 Å². The normalized spacial score (nSPS) is 18.3. The first-order chi connectivity index (χ1) is 12.9. The minimum Gasteiger partial charge on any atom is -0.351 e. The van der Waals surface area contributed by atoms with Crippen molar-refractivity contribution in [3.8, 4) is 0 Å². The zero-order valence-electron chi connectivity index (χ0n) is 14.8. The van der Waals surface area contributed by atoms with Gasteiger partial charge in [-0.1, -0.05) is 11.6 Å². The summed E-state index contributed by atoms with van der Waals surface area (Å²) in [5, 5.41) is 3.66. The van der Waals surface area contributed by atoms with E-state index in [-0.39, 0.29) is 17.6 Å². The van der Waals surface area contributed by atoms with E-state index in [1.807, 2.05) is 11.9 Å². The monoisotopic (exact) mass is 387 g/mol. The van der Waals surface area contributed by atoms with E-state index in [0.29, 0.717) is 47.8 Å². The molecule has 1 fully saturated rings. The van der Waals surface area contributed by atoms with Crippen molar-refractivity contribution in [1.29, 1.82) is 0 Å². The van der Waals surface area contributed by atoms with E-state index in [2.05, 4.69) is 5.32 Å². The molecule has 0 saturated carbocycles. The van der Waals surface area contributed by atoms with Gasteiger partial charge in [0.1, 0.15) is 11.5 Å². The third kappa shape index (κ3) is 3.04. The largest absolute Gasteiger partial charge is 0.351 e. The van der Waals surface area contributed by atoms with Crippen LogP contribution in [-0.4, -0.2) is 42.5 Å². The summed E-state index contributed by atoms with van der Waals surface area (Å²) in [7, 11) is 1.86. The van der Waals surface area contributed by atoms with Crippen molar-refractivity contribution in [3.63, 3.8) is 0 Å². The van der Waals surface area contributed by atoms with Gasteiger partial charge in [0, 0.05) is 43.6 Å². The van der Waals surface area contributed by atoms with Crippen LogP contribution in [0.4, 0.5) is 10.1 Å². The highest BCUT2D eigenvalue weighted by molar-refractivity contribution is 6.30. The highest BCUT2D eigenvalue weighted by Gasteiger charge is 2.45. The van der Waals surface area contributed by atoms with Gasteiger partial charge in [0.05, 0.1) is 11.3 Å². The Kier molecular flexibility index (Phi) is 4.30. The predicted molar refractivity (Wildman–Crippen MR) is 102 cm³/mol. The number of amides is 2. The van der Waals surface area contributed by atoms with Crippen molar-refractivity contribution >= 4 is 29.1 Å². The first kappa shape index (κ1) is 17.8. The van der Waals surface area contributed by atoms with Crippen molar-refractivity contribution < 1.29 is 14.0 Å². The highest BCUT2D eigenvalue weighted by atomic mass is 35.5. The van der Waals surface area contributed by atoms with Crippen LogP contribution in [0.3, 0.4) is 0 Å². The Balaban J connectivity index is 1.54. The third-order valence-electron chi connectivity index (χ3n) is 5.52. The molecule has 0 aliphatic carbocycles. The number of halogens is 2. The number of hydrogen-bond acceptors (Lipinski definition) is 3. The average molecular weight is 388 g/mol. The van der Waals surface area contributed by atoms with Gasteiger partial charge < -0.3 is 15.1 Å². The summed E-state index contributed by atoms with van der Waals surface area (Å²) >= 11 is 5.88. The summed E-state index contributed by atoms with van der Waals surface area (Å²) in [6, 6.07) is 11.0. The number of fused-ring (bicyclic) bond motifs is 1. The van der Waals surface area contributed by atoms with Gasteiger partial charge in [-0.25, -0.2) is 4.39 Å². The summed E-state index contributed by atoms with van der Waals surface area (Å²) in [6.07, 6.45) is 1.12. The Hall–Kier alpha value is -2.60. The standard InChI is InChI=1S/C20H19ClFN3O2/c1-24-17-12-15(22)6-7-16(17)18(26)23-20(24)8-10-25(11-9-20)19(27)13-2-4-14(21)5-3-13/h2-7,12H,8-11H2,1H3,(H,23,26). The Morgan fingerprint density at radius 1 is 1.15 bits per heavy atom. The van der Waals surface area contributed by atoms with Crippen LogP contribution in [0, 0.1) is 5.82 Å². The van der Waals surface area contributed by atoms with Crippen molar-refractivity contribution in [3.05, 3.63) is 64.4 Å². The maximum atomic E-state index is 13.7. The number of rotatable bonds is 1. The van der Waals surface area contributed by atoms with E-state index < -0.39 is 5.66 Å². The van der Waals surface area contributed by atoms with Crippen molar-refractivity contribution in [1.82, 2.24) is 10.2 Å². The van der Waals surface area contributed by atoms with Crippen LogP contribution >= 0.6 is 11.6 Å². The first-order valence-electron chi connectivity index (χ1n) is 8.80. The number of likely N-dealkylation sites (tertiary alicyclic amines) is 1. The van der Waals surface area contributed by atoms with Crippen LogP contribution in [0.5, 0.6) is 0 Å². The highest BCUT2D eigenvalue weighted by Crippen LogP contribution is 2.36. The summed E-state index contributed by atoms with van der Waals surface area (Å²) < 4.78 is 13.7. The molecule has 0 aromatic heterocycles. The molecule has 2 aliphatic rings. The molecule has 2 aliphatic heterocycles. The average Bonchev–Trinajstić information content (AvgIpc) is 2.67. The van der Waals surface area contributed by atoms with Crippen molar-refractivity contribution in [2.45, 2.75) is 18.5 Å². The molecule has 1 N–H and O–H groups in total. The van der Waals surface area contributed by atoms with Crippen LogP contribution in [0.2, 0.25) is 5.02 Å². The summed E-state index contributed by atoms with van der Waals surface area (Å²) in [5.41, 5.74) is 1.01. The maximum absolute atomic E-state index is 13.7. The SMILES string of the molecule is CN1c2cc(F)ccc2C(=O)NC12CCN(C(=O)c1ccc(Cl)cc1)CC2. The molecule has 1 saturated heterocycles. The molecule has 7 heteroatoms. The number of piperidine rings is 1. The fraction of sp³-hybridized carbons (Fsp3) is 0.300. The van der Waals surface area contributed by atoms with Gasteiger partial charge in [0.15, 0.2) is 0 Å². The number of hydrogen-bond donors (Lipinski definition) is 1. The second-order valence-electron chi connectivity index (χ2n) is 7.01. The molecule has 4 rings (SSSR count). The Bertz CT molecular complexity index is 908. The molecular formula is C20H19ClFN3O2. The van der Waals surface area contributed by atoms with Crippen LogP contribution in [0.25, 0.3) is 0 Å². The smallest absolute Gasteiger partial charge is 0.255 e. The number of nitrogens with zero attached hydrogens (tertiary/aromatic N) is 2. The number of nitrogens with one attached hydrogen (secondary N) is 1. The second-order valence-corrected chi connectivity index (χ2v) is 7.44. The van der Waals surface area contributed by atoms with Crippen LogP contribution in [-0.2, 0) is 0 Å². The predicted octanol–water partition coefficient (Wildman–Crippen LogP) is 3.29. The third-order valence-corrected chi connectivity index (χ3v) is 5.77. The maximum Gasteiger partial charge on any atom is 0.255 e. The van der Waals surface area contributed by atoms with Crippen LogP contribution in [0.15, 0.2) is 42.5 Å². The molecule has 0 radical (unpaired) electrons. The minimum absolute atomic E-state index is 0.0576. The Morgan fingerprint density at radius 2 is 1.81 bits per heavy atom. The van der Waals surface area contributed by atoms with Gasteiger partial charge in [-0.15, -0.1) is 0 Å². The number of carbonyl (C=O) groups excluding carboxylic acids is 2. The molecule has 0 unspecified atom stereocenters. The zero-order chi connectivity index (χ0) is 19.2. The molecule has 2 aromatic rings. The van der Waals surface area contributed by atoms with Gasteiger partial charge in [-0.2, -0.15) is 0 Å². The number of anilines is 1. The van der Waals surface area contributed by atoms with E-state index in [1.54, 1.807) is 29.2 Å². The first-order valence-corrected chi connectivity index (χ1v) is 9.18. The molecule has 2 amide bonds. The fourth-order valence-electron chi connectivity index (χ4n) is 3.88. The van der Waals surface area contributed by atoms with Crippen molar-refractivity contribution in [2.24, 2.45) is 0 Å². The number of carbonyl (C=O) groups is 2. The molecule has 5 nitrogen and oxygen atoms in total. The van der Waals surface area contributed by atoms with E-state index in [0.717, 1.165) is 0 Å². The van der Waals surface area contributed by atoms with Gasteiger partial charge in [0.25, 0.3) is 11.8 Å². The van der Waals surface area contributed by atoms with Crippen LogP contribution in [0.1, 0.15) is 33.6 Å². The Morgan fingerprint density at radius 3 is 2.48 bits per heavy atom. The zero-order valence-corrected chi connectivity index (χ0v) is 15.6. The van der Waals surface area contributed by atoms with E-state index in [1.165, 1.54) is 18.2 Å². The van der Waals surface area contributed by atoms with E-state index in [4.69, 9.17) is 11.6 Å². The van der Waals surface area contributed by atoms with Gasteiger partial charge in [-0.05, 0) is 42.5 Å². The number of benzene rings is 2. The second kappa shape index (κ2) is 6.53. The van der Waals surface area contributed by atoms with E-state index >= 15 is 0 Å². The Labute approximate surface area is 161 Å². The lowest BCUT2D eigenvalue weighted by Gasteiger charge is -2.51. The quantitative estimate of drug-likeness (QED) is 0.817. The van der Waals surface area contributed by atoms with Gasteiger partial charge in [0.2, 0.25) is 0 Å². The molecule has 1 spiro atoms. The summed E-state index contributed by atoms with van der Waals surface area (Å²) in [5.74, 6) is -0.640. The lowest BCUT2D eigenvalue weighted by atomic mass is 9.90. The molecule has 2 heterocycles. The molecule has 27 heavy (non-hydrogen) atoms. The molecule has 0 atom stereocenters. The summed E-state index contributed by atoms with van der Waals surface area (Å²) in [4.78, 5) is 28.9.